The van der Waals surface area contributed by atoms with Crippen molar-refractivity contribution >= 4 is 10.9 Å². The van der Waals surface area contributed by atoms with Gasteiger partial charge in [-0.2, -0.15) is 5.10 Å². The minimum absolute atomic E-state index is 0.194. The second-order valence-corrected chi connectivity index (χ2v) is 3.23. The van der Waals surface area contributed by atoms with E-state index < -0.39 is 0 Å². The van der Waals surface area contributed by atoms with Crippen LogP contribution in [0.2, 0.25) is 0 Å². The van der Waals surface area contributed by atoms with E-state index in [1.807, 2.05) is 31.4 Å². The highest BCUT2D eigenvalue weighted by Crippen LogP contribution is 2.13. The van der Waals surface area contributed by atoms with Crippen LogP contribution in [0.15, 0.2) is 29.5 Å². The summed E-state index contributed by atoms with van der Waals surface area (Å²) in [6, 6.07) is 5.86. The lowest BCUT2D eigenvalue weighted by Crippen LogP contribution is -1.88. The molecule has 0 unspecified atom stereocenters. The van der Waals surface area contributed by atoms with Gasteiger partial charge in [0.2, 0.25) is 0 Å². The molecule has 16 heavy (non-hydrogen) atoms. The van der Waals surface area contributed by atoms with E-state index in [-0.39, 0.29) is 6.54 Å². The van der Waals surface area contributed by atoms with E-state index in [2.05, 4.69) is 27.0 Å². The molecule has 0 bridgehead atoms. The monoisotopic (exact) mass is 211 g/mol. The molecule has 0 saturated carbocycles. The van der Waals surface area contributed by atoms with Crippen molar-refractivity contribution in [1.29, 1.82) is 0 Å². The largest absolute Gasteiger partial charge is 0.268 e. The minimum atomic E-state index is 0.194. The van der Waals surface area contributed by atoms with Crippen molar-refractivity contribution < 1.29 is 0 Å². The third-order valence-electron chi connectivity index (χ3n) is 2.19. The smallest absolute Gasteiger partial charge is 0.0880 e. The molecule has 0 atom stereocenters. The zero-order chi connectivity index (χ0) is 11.4. The Bertz CT molecular complexity index is 623. The van der Waals surface area contributed by atoms with Gasteiger partial charge in [0.25, 0.3) is 0 Å². The molecule has 5 nitrogen and oxygen atoms in total. The van der Waals surface area contributed by atoms with Crippen molar-refractivity contribution in [3.63, 3.8) is 0 Å². The van der Waals surface area contributed by atoms with Gasteiger partial charge in [-0.05, 0) is 23.7 Å². The van der Waals surface area contributed by atoms with Gasteiger partial charge in [-0.25, -0.2) is 0 Å². The maximum absolute atomic E-state index is 8.09. The zero-order valence-corrected chi connectivity index (χ0v) is 8.75. The molecule has 5 heteroatoms. The average molecular weight is 211 g/mol. The van der Waals surface area contributed by atoms with E-state index in [9.17, 15) is 0 Å². The molecule has 0 amide bonds. The average Bonchev–Trinajstić information content (AvgIpc) is 2.67. The Morgan fingerprint density at radius 1 is 1.56 bits per heavy atom. The van der Waals surface area contributed by atoms with Crippen molar-refractivity contribution in [3.05, 3.63) is 40.4 Å². The first-order valence-electron chi connectivity index (χ1n) is 4.73. The summed E-state index contributed by atoms with van der Waals surface area (Å²) in [7, 11) is 1.89. The summed E-state index contributed by atoms with van der Waals surface area (Å²) in [6.45, 7) is 0.194. The number of nitrogens with zero attached hydrogens (tertiary/aromatic N) is 5. The van der Waals surface area contributed by atoms with Crippen molar-refractivity contribution in [2.75, 3.05) is 6.54 Å². The van der Waals surface area contributed by atoms with Crippen LogP contribution in [0, 0.1) is 11.8 Å². The summed E-state index contributed by atoms with van der Waals surface area (Å²) in [5.41, 5.74) is 10.0. The van der Waals surface area contributed by atoms with Crippen LogP contribution in [0.4, 0.5) is 0 Å². The van der Waals surface area contributed by atoms with Gasteiger partial charge in [-0.3, -0.25) is 4.68 Å². The second kappa shape index (κ2) is 4.39. The van der Waals surface area contributed by atoms with Gasteiger partial charge < -0.3 is 0 Å². The summed E-state index contributed by atoms with van der Waals surface area (Å²) in [4.78, 5) is 2.63. The van der Waals surface area contributed by atoms with Crippen LogP contribution in [0.3, 0.4) is 0 Å². The fraction of sp³-hybridized carbons (Fsp3) is 0.182. The normalized spacial score (nSPS) is 9.31. The predicted molar refractivity (Wildman–Crippen MR) is 61.6 cm³/mol. The fourth-order valence-corrected chi connectivity index (χ4v) is 1.43. The number of benzene rings is 1. The molecule has 1 aromatic carbocycles. The van der Waals surface area contributed by atoms with Gasteiger partial charge >= 0.3 is 0 Å². The van der Waals surface area contributed by atoms with Crippen LogP contribution >= 0.6 is 0 Å². The van der Waals surface area contributed by atoms with Gasteiger partial charge in [-0.1, -0.05) is 17.0 Å². The standard InChI is InChI=1S/C11H9N5/c1-16-11-7-9(3-2-6-13-15-12)4-5-10(11)8-14-16/h4-5,7-8H,6H2,1H3. The van der Waals surface area contributed by atoms with Gasteiger partial charge in [0.05, 0.1) is 18.3 Å². The van der Waals surface area contributed by atoms with Gasteiger partial charge in [0.15, 0.2) is 0 Å². The molecular formula is C11H9N5. The van der Waals surface area contributed by atoms with Crippen LogP contribution in [0.5, 0.6) is 0 Å². The molecule has 78 valence electrons. The zero-order valence-electron chi connectivity index (χ0n) is 8.75. The molecule has 0 aliphatic carbocycles. The van der Waals surface area contributed by atoms with Crippen molar-refractivity contribution in [2.24, 2.45) is 12.2 Å². The van der Waals surface area contributed by atoms with Gasteiger partial charge in [-0.15, -0.1) is 0 Å². The maximum atomic E-state index is 8.09. The molecule has 0 radical (unpaired) electrons. The minimum Gasteiger partial charge on any atom is -0.268 e. The molecule has 0 fully saturated rings. The fourth-order valence-electron chi connectivity index (χ4n) is 1.43. The first kappa shape index (κ1) is 10.1. The Balaban J connectivity index is 2.33. The Kier molecular flexibility index (Phi) is 2.77. The highest BCUT2D eigenvalue weighted by Gasteiger charge is 1.98. The van der Waals surface area contributed by atoms with Crippen LogP contribution in [0.25, 0.3) is 21.3 Å². The Hall–Kier alpha value is -2.44. The number of hydrogen-bond acceptors (Lipinski definition) is 2. The Labute approximate surface area is 92.3 Å². The summed E-state index contributed by atoms with van der Waals surface area (Å²) in [5.74, 6) is 5.71. The predicted octanol–water partition coefficient (Wildman–Crippen LogP) is 2.24. The quantitative estimate of drug-likeness (QED) is 0.308. The summed E-state index contributed by atoms with van der Waals surface area (Å²) in [6.07, 6.45) is 1.81. The summed E-state index contributed by atoms with van der Waals surface area (Å²) < 4.78 is 1.80. The van der Waals surface area contributed by atoms with Gasteiger partial charge in [0.1, 0.15) is 0 Å². The molecule has 2 aromatic rings. The highest BCUT2D eigenvalue weighted by molar-refractivity contribution is 5.80. The lowest BCUT2D eigenvalue weighted by molar-refractivity contribution is 0.797. The molecule has 1 aromatic heterocycles. The molecule has 0 saturated heterocycles. The Morgan fingerprint density at radius 3 is 3.25 bits per heavy atom. The number of fused-ring (bicyclic) bond motifs is 1. The van der Waals surface area contributed by atoms with Crippen molar-refractivity contribution in [1.82, 2.24) is 9.78 Å². The number of aryl methyl sites for hydroxylation is 1. The van der Waals surface area contributed by atoms with E-state index in [4.69, 9.17) is 5.53 Å². The van der Waals surface area contributed by atoms with Crippen molar-refractivity contribution in [2.45, 2.75) is 0 Å². The van der Waals surface area contributed by atoms with Crippen LogP contribution in [-0.4, -0.2) is 16.3 Å². The number of azide groups is 1. The first-order valence-corrected chi connectivity index (χ1v) is 4.73. The molecule has 0 aliphatic heterocycles. The van der Waals surface area contributed by atoms with Crippen LogP contribution in [-0.2, 0) is 7.05 Å². The van der Waals surface area contributed by atoms with E-state index >= 15 is 0 Å². The second-order valence-electron chi connectivity index (χ2n) is 3.23. The molecule has 1 heterocycles. The Morgan fingerprint density at radius 2 is 2.44 bits per heavy atom. The van der Waals surface area contributed by atoms with E-state index in [1.165, 1.54) is 0 Å². The number of hydrogen-bond donors (Lipinski definition) is 0. The van der Waals surface area contributed by atoms with E-state index in [0.717, 1.165) is 16.5 Å². The first-order chi connectivity index (χ1) is 7.81. The topological polar surface area (TPSA) is 66.6 Å². The number of aromatic nitrogens is 2. The summed E-state index contributed by atoms with van der Waals surface area (Å²) >= 11 is 0. The third kappa shape index (κ3) is 1.97. The lowest BCUT2D eigenvalue weighted by atomic mass is 10.2. The third-order valence-corrected chi connectivity index (χ3v) is 2.19. The van der Waals surface area contributed by atoms with Crippen LogP contribution < -0.4 is 0 Å². The SMILES string of the molecule is Cn1ncc2ccc(C#CCN=[N+]=[N-])cc21. The molecule has 2 rings (SSSR count). The van der Waals surface area contributed by atoms with E-state index in [1.54, 1.807) is 4.68 Å². The molecule has 0 aliphatic rings. The maximum Gasteiger partial charge on any atom is 0.0880 e. The molecular weight excluding hydrogens is 202 g/mol. The molecule has 0 spiro atoms. The van der Waals surface area contributed by atoms with E-state index in [0.29, 0.717) is 0 Å². The number of rotatable bonds is 1. The van der Waals surface area contributed by atoms with Crippen LogP contribution in [0.1, 0.15) is 5.56 Å². The summed E-state index contributed by atoms with van der Waals surface area (Å²) in [5, 5.41) is 8.58. The lowest BCUT2D eigenvalue weighted by Gasteiger charge is -1.94. The van der Waals surface area contributed by atoms with Gasteiger partial charge in [0, 0.05) is 22.9 Å². The molecule has 0 N–H and O–H groups in total. The van der Waals surface area contributed by atoms with Crippen molar-refractivity contribution in [3.8, 4) is 11.8 Å². The highest BCUT2D eigenvalue weighted by atomic mass is 15.2.